The molecule has 2 fully saturated rings. The maximum Gasteiger partial charge on any atom is 0.343 e. The molecule has 2 heterocycles. The summed E-state index contributed by atoms with van der Waals surface area (Å²) in [5.41, 5.74) is 0.679. The van der Waals surface area contributed by atoms with Gasteiger partial charge in [0.15, 0.2) is 5.76 Å². The Labute approximate surface area is 227 Å². The summed E-state index contributed by atoms with van der Waals surface area (Å²) >= 11 is 0. The number of esters is 2. The number of benzene rings is 1. The lowest BCUT2D eigenvalue weighted by molar-refractivity contribution is -0.174. The highest BCUT2D eigenvalue weighted by Crippen LogP contribution is 2.66. The molecule has 6 atom stereocenters. The fourth-order valence-electron chi connectivity index (χ4n) is 7.13. The highest BCUT2D eigenvalue weighted by molar-refractivity contribution is 6.03. The first-order chi connectivity index (χ1) is 18.6. The van der Waals surface area contributed by atoms with Gasteiger partial charge in [0.05, 0.1) is 43.5 Å². The van der Waals surface area contributed by atoms with Gasteiger partial charge in [-0.2, -0.15) is 0 Å². The molecule has 1 aliphatic heterocycles. The number of furan rings is 1. The molecule has 206 valence electrons. The average molecular weight is 535 g/mol. The number of hydrogen-bond donors (Lipinski definition) is 0. The maximum atomic E-state index is 14.3. The van der Waals surface area contributed by atoms with E-state index in [2.05, 4.69) is 13.5 Å². The van der Waals surface area contributed by atoms with Crippen LogP contribution < -0.4 is 0 Å². The van der Waals surface area contributed by atoms with Crippen LogP contribution in [0.5, 0.6) is 0 Å². The Kier molecular flexibility index (Phi) is 7.01. The van der Waals surface area contributed by atoms with Crippen molar-refractivity contribution in [1.29, 1.82) is 0 Å². The fourth-order valence-corrected chi connectivity index (χ4v) is 7.13. The molecule has 0 radical (unpaired) electrons. The molecule has 8 heteroatoms. The Morgan fingerprint density at radius 3 is 2.49 bits per heavy atom. The SMILES string of the molecule is C=C1O[C@H](c2ccoc2)C[C@]2(C)[C@H]3C(=O)C(OC(=O)c4ccc(COC)cc4)=C[C@@H](C(=O)OC)[C@]3(C)CC[C@@H]12. The molecule has 5 rings (SSSR count). The van der Waals surface area contributed by atoms with Crippen molar-refractivity contribution in [2.24, 2.45) is 28.6 Å². The second kappa shape index (κ2) is 10.2. The van der Waals surface area contributed by atoms with Gasteiger partial charge in [-0.25, -0.2) is 4.79 Å². The molecule has 0 amide bonds. The number of Topliss-reactive ketones (excluding diaryl/α,β-unsaturated/α-hetero) is 1. The van der Waals surface area contributed by atoms with Gasteiger partial charge in [-0.05, 0) is 59.9 Å². The van der Waals surface area contributed by atoms with Gasteiger partial charge >= 0.3 is 11.9 Å². The average Bonchev–Trinajstić information content (AvgIpc) is 3.45. The van der Waals surface area contributed by atoms with Crippen molar-refractivity contribution < 1.29 is 37.7 Å². The molecule has 3 aliphatic rings. The molecule has 1 saturated carbocycles. The van der Waals surface area contributed by atoms with Crippen LogP contribution in [0.2, 0.25) is 0 Å². The van der Waals surface area contributed by atoms with Gasteiger partial charge in [-0.15, -0.1) is 0 Å². The number of allylic oxidation sites excluding steroid dienone is 2. The molecule has 0 unspecified atom stereocenters. The molecule has 0 N–H and O–H groups in total. The second-order valence-corrected chi connectivity index (χ2v) is 11.3. The van der Waals surface area contributed by atoms with Crippen LogP contribution in [0.25, 0.3) is 0 Å². The lowest BCUT2D eigenvalue weighted by Crippen LogP contribution is -2.60. The van der Waals surface area contributed by atoms with Crippen molar-refractivity contribution in [3.05, 3.63) is 83.7 Å². The van der Waals surface area contributed by atoms with Gasteiger partial charge in [0.2, 0.25) is 5.78 Å². The number of ketones is 1. The predicted octanol–water partition coefficient (Wildman–Crippen LogP) is 5.55. The Balaban J connectivity index is 1.52. The Bertz CT molecular complexity index is 1310. The summed E-state index contributed by atoms with van der Waals surface area (Å²) in [6.45, 7) is 8.66. The van der Waals surface area contributed by atoms with Crippen LogP contribution in [0.15, 0.2) is 71.4 Å². The topological polar surface area (TPSA) is 101 Å². The first kappa shape index (κ1) is 26.9. The minimum Gasteiger partial charge on any atom is -0.490 e. The zero-order valence-corrected chi connectivity index (χ0v) is 22.7. The summed E-state index contributed by atoms with van der Waals surface area (Å²) in [5, 5.41) is 0. The monoisotopic (exact) mass is 534 g/mol. The van der Waals surface area contributed by atoms with E-state index in [0.717, 1.165) is 11.1 Å². The third-order valence-corrected chi connectivity index (χ3v) is 9.00. The number of ether oxygens (including phenoxy) is 4. The second-order valence-electron chi connectivity index (χ2n) is 11.3. The van der Waals surface area contributed by atoms with E-state index in [4.69, 9.17) is 23.4 Å². The van der Waals surface area contributed by atoms with E-state index < -0.39 is 34.6 Å². The van der Waals surface area contributed by atoms with E-state index >= 15 is 0 Å². The smallest absolute Gasteiger partial charge is 0.343 e. The summed E-state index contributed by atoms with van der Waals surface area (Å²) in [4.78, 5) is 40.5. The summed E-state index contributed by atoms with van der Waals surface area (Å²) in [7, 11) is 2.92. The molecular weight excluding hydrogens is 500 g/mol. The van der Waals surface area contributed by atoms with Crippen molar-refractivity contribution in [2.45, 2.75) is 45.8 Å². The van der Waals surface area contributed by atoms with Gasteiger partial charge < -0.3 is 23.4 Å². The first-order valence-corrected chi connectivity index (χ1v) is 13.1. The number of rotatable bonds is 6. The van der Waals surface area contributed by atoms with Crippen LogP contribution in [-0.2, 0) is 35.1 Å². The largest absolute Gasteiger partial charge is 0.490 e. The Morgan fingerprint density at radius 2 is 1.85 bits per heavy atom. The number of carbonyl (C=O) groups excluding carboxylic acids is 3. The van der Waals surface area contributed by atoms with Gasteiger partial charge in [-0.3, -0.25) is 9.59 Å². The quantitative estimate of drug-likeness (QED) is 0.445. The zero-order valence-electron chi connectivity index (χ0n) is 22.7. The summed E-state index contributed by atoms with van der Waals surface area (Å²) in [5.74, 6) is -2.46. The van der Waals surface area contributed by atoms with Crippen LogP contribution in [-0.4, -0.2) is 31.9 Å². The molecule has 2 aliphatic carbocycles. The third kappa shape index (κ3) is 4.50. The molecule has 0 bridgehead atoms. The van der Waals surface area contributed by atoms with Gasteiger partial charge in [0.1, 0.15) is 6.10 Å². The van der Waals surface area contributed by atoms with E-state index in [1.807, 2.05) is 13.0 Å². The van der Waals surface area contributed by atoms with Crippen molar-refractivity contribution in [3.8, 4) is 0 Å². The van der Waals surface area contributed by atoms with Crippen LogP contribution in [0.3, 0.4) is 0 Å². The molecule has 8 nitrogen and oxygen atoms in total. The first-order valence-electron chi connectivity index (χ1n) is 13.1. The van der Waals surface area contributed by atoms with E-state index in [1.54, 1.807) is 43.9 Å². The molecule has 1 saturated heterocycles. The molecule has 2 aromatic rings. The van der Waals surface area contributed by atoms with E-state index in [0.29, 0.717) is 37.2 Å². The van der Waals surface area contributed by atoms with Crippen molar-refractivity contribution in [2.75, 3.05) is 14.2 Å². The molecular formula is C31H34O8. The minimum atomic E-state index is -0.765. The standard InChI is InChI=1S/C31H34O8/c1-18-22-10-12-30(2)23(29(34)36-5)14-24(39-28(33)20-8-6-19(7-9-20)16-35-4)26(32)27(30)31(22,3)15-25(38-18)21-11-13-37-17-21/h6-9,11,13-14,17,22-23,25,27H,1,10,12,15-16H2,2-5H3/t22-,23-,25-,27-,30-,31-/m0/s1. The number of hydrogen-bond acceptors (Lipinski definition) is 8. The van der Waals surface area contributed by atoms with Crippen molar-refractivity contribution in [1.82, 2.24) is 0 Å². The van der Waals surface area contributed by atoms with E-state index in [-0.39, 0.29) is 23.6 Å². The van der Waals surface area contributed by atoms with Crippen LogP contribution in [0.4, 0.5) is 0 Å². The summed E-state index contributed by atoms with van der Waals surface area (Å²) < 4.78 is 27.5. The molecule has 0 spiro atoms. The van der Waals surface area contributed by atoms with Crippen LogP contribution in [0, 0.1) is 28.6 Å². The molecule has 1 aromatic heterocycles. The summed E-state index contributed by atoms with van der Waals surface area (Å²) in [6.07, 6.45) is 6.15. The van der Waals surface area contributed by atoms with Crippen LogP contribution >= 0.6 is 0 Å². The zero-order chi connectivity index (χ0) is 27.9. The molecule has 39 heavy (non-hydrogen) atoms. The normalized spacial score (nSPS) is 31.8. The number of methoxy groups -OCH3 is 2. The lowest BCUT2D eigenvalue weighted by Gasteiger charge is -2.60. The predicted molar refractivity (Wildman–Crippen MR) is 140 cm³/mol. The number of carbonyl (C=O) groups is 3. The lowest BCUT2D eigenvalue weighted by atomic mass is 9.44. The third-order valence-electron chi connectivity index (χ3n) is 9.00. The Hall–Kier alpha value is -3.65. The Morgan fingerprint density at radius 1 is 1.10 bits per heavy atom. The summed E-state index contributed by atoms with van der Waals surface area (Å²) in [6, 6.07) is 8.63. The number of fused-ring (bicyclic) bond motifs is 3. The van der Waals surface area contributed by atoms with Crippen LogP contribution in [0.1, 0.15) is 60.7 Å². The van der Waals surface area contributed by atoms with Gasteiger partial charge in [-0.1, -0.05) is 32.6 Å². The molecule has 1 aromatic carbocycles. The minimum absolute atomic E-state index is 0.107. The maximum absolute atomic E-state index is 14.3. The van der Waals surface area contributed by atoms with Gasteiger partial charge in [0, 0.05) is 24.5 Å². The fraction of sp³-hybridized carbons (Fsp3) is 0.452. The van der Waals surface area contributed by atoms with E-state index in [1.165, 1.54) is 13.2 Å². The van der Waals surface area contributed by atoms with Crippen molar-refractivity contribution >= 4 is 17.7 Å². The van der Waals surface area contributed by atoms with Gasteiger partial charge in [0.25, 0.3) is 0 Å². The highest BCUT2D eigenvalue weighted by Gasteiger charge is 2.65. The highest BCUT2D eigenvalue weighted by atomic mass is 16.5. The van der Waals surface area contributed by atoms with Crippen molar-refractivity contribution in [3.63, 3.8) is 0 Å². The van der Waals surface area contributed by atoms with E-state index in [9.17, 15) is 14.4 Å².